The fourth-order valence-electron chi connectivity index (χ4n) is 3.69. The number of benzene rings is 1. The highest BCUT2D eigenvalue weighted by molar-refractivity contribution is 5.87. The molecule has 2 unspecified atom stereocenters. The molecule has 1 aliphatic heterocycles. The summed E-state index contributed by atoms with van der Waals surface area (Å²) in [5.41, 5.74) is 1.52. The summed E-state index contributed by atoms with van der Waals surface area (Å²) in [7, 11) is 0. The Kier molecular flexibility index (Phi) is 3.56. The fourth-order valence-corrected chi connectivity index (χ4v) is 3.69. The Bertz CT molecular complexity index is 458. The van der Waals surface area contributed by atoms with E-state index in [0.717, 1.165) is 23.9 Å². The van der Waals surface area contributed by atoms with Crippen LogP contribution < -0.4 is 0 Å². The lowest BCUT2D eigenvalue weighted by Crippen LogP contribution is -2.20. The maximum absolute atomic E-state index is 11.0. The molecule has 1 aliphatic carbocycles. The summed E-state index contributed by atoms with van der Waals surface area (Å²) in [6, 6.07) is 7.36. The lowest BCUT2D eigenvalue weighted by molar-refractivity contribution is 0.0696. The first-order valence-electron chi connectivity index (χ1n) is 7.27. The summed E-state index contributed by atoms with van der Waals surface area (Å²) in [5.74, 6) is 0.935. The molecule has 1 N–H and O–H groups in total. The smallest absolute Gasteiger partial charge is 0.335 e. The predicted molar refractivity (Wildman–Crippen MR) is 74.1 cm³/mol. The zero-order valence-corrected chi connectivity index (χ0v) is 11.2. The molecule has 3 nitrogen and oxygen atoms in total. The van der Waals surface area contributed by atoms with Crippen LogP contribution in [0.5, 0.6) is 0 Å². The van der Waals surface area contributed by atoms with E-state index in [1.54, 1.807) is 6.07 Å². The van der Waals surface area contributed by atoms with Crippen molar-refractivity contribution in [3.8, 4) is 0 Å². The van der Waals surface area contributed by atoms with Gasteiger partial charge in [-0.15, -0.1) is 0 Å². The van der Waals surface area contributed by atoms with Crippen molar-refractivity contribution in [1.29, 1.82) is 0 Å². The topological polar surface area (TPSA) is 40.5 Å². The normalized spacial score (nSPS) is 27.2. The molecular weight excluding hydrogens is 238 g/mol. The third-order valence-corrected chi connectivity index (χ3v) is 4.63. The van der Waals surface area contributed by atoms with Crippen LogP contribution in [0.15, 0.2) is 24.3 Å². The van der Waals surface area contributed by atoms with Crippen molar-refractivity contribution in [3.05, 3.63) is 35.4 Å². The molecule has 2 aliphatic rings. The summed E-state index contributed by atoms with van der Waals surface area (Å²) < 4.78 is 0. The number of rotatable bonds is 3. The van der Waals surface area contributed by atoms with Crippen LogP contribution in [-0.4, -0.2) is 29.1 Å². The average molecular weight is 259 g/mol. The van der Waals surface area contributed by atoms with Crippen molar-refractivity contribution in [2.45, 2.75) is 32.2 Å². The number of carboxylic acid groups (broad SMARTS) is 1. The molecule has 2 fully saturated rings. The number of fused-ring (bicyclic) bond motifs is 1. The van der Waals surface area contributed by atoms with Crippen molar-refractivity contribution in [1.82, 2.24) is 4.90 Å². The van der Waals surface area contributed by atoms with E-state index < -0.39 is 5.97 Å². The molecule has 0 radical (unpaired) electrons. The molecule has 0 bridgehead atoms. The summed E-state index contributed by atoms with van der Waals surface area (Å²) in [6.07, 6.45) is 5.56. The number of hydrogen-bond donors (Lipinski definition) is 1. The van der Waals surface area contributed by atoms with Gasteiger partial charge >= 0.3 is 5.97 Å². The zero-order valence-electron chi connectivity index (χ0n) is 11.2. The largest absolute Gasteiger partial charge is 0.478 e. The minimum atomic E-state index is -0.836. The standard InChI is InChI=1S/C16H21NO2/c18-16(19)13-7-3-4-12(8-13)9-17-10-14-5-1-2-6-15(14)11-17/h3-4,7-8,14-15H,1-2,5-6,9-11H2,(H,18,19). The Hall–Kier alpha value is -1.35. The van der Waals surface area contributed by atoms with Gasteiger partial charge in [0, 0.05) is 19.6 Å². The zero-order chi connectivity index (χ0) is 13.2. The van der Waals surface area contributed by atoms with Crippen molar-refractivity contribution in [3.63, 3.8) is 0 Å². The molecular formula is C16H21NO2. The van der Waals surface area contributed by atoms with Crippen LogP contribution in [0, 0.1) is 11.8 Å². The van der Waals surface area contributed by atoms with Gasteiger partial charge in [0.1, 0.15) is 0 Å². The third-order valence-electron chi connectivity index (χ3n) is 4.63. The van der Waals surface area contributed by atoms with E-state index >= 15 is 0 Å². The second-order valence-corrected chi connectivity index (χ2v) is 6.00. The molecule has 3 rings (SSSR count). The van der Waals surface area contributed by atoms with Gasteiger partial charge < -0.3 is 5.11 Å². The van der Waals surface area contributed by atoms with Gasteiger partial charge in [0.05, 0.1) is 5.56 Å². The van der Waals surface area contributed by atoms with Crippen molar-refractivity contribution >= 4 is 5.97 Å². The Morgan fingerprint density at radius 2 is 1.89 bits per heavy atom. The van der Waals surface area contributed by atoms with E-state index in [4.69, 9.17) is 5.11 Å². The van der Waals surface area contributed by atoms with Gasteiger partial charge in [-0.05, 0) is 42.4 Å². The molecule has 0 spiro atoms. The minimum Gasteiger partial charge on any atom is -0.478 e. The van der Waals surface area contributed by atoms with E-state index in [-0.39, 0.29) is 0 Å². The first-order chi connectivity index (χ1) is 9.22. The van der Waals surface area contributed by atoms with E-state index in [1.165, 1.54) is 38.8 Å². The Morgan fingerprint density at radius 3 is 2.53 bits per heavy atom. The van der Waals surface area contributed by atoms with E-state index in [9.17, 15) is 4.79 Å². The Balaban J connectivity index is 1.65. The third kappa shape index (κ3) is 2.81. The van der Waals surface area contributed by atoms with Gasteiger partial charge in [-0.1, -0.05) is 25.0 Å². The number of nitrogens with zero attached hydrogens (tertiary/aromatic N) is 1. The lowest BCUT2D eigenvalue weighted by Gasteiger charge is -2.23. The second kappa shape index (κ2) is 5.33. The SMILES string of the molecule is O=C(O)c1cccc(CN2CC3CCCCC3C2)c1. The van der Waals surface area contributed by atoms with Gasteiger partial charge in [-0.25, -0.2) is 4.79 Å². The van der Waals surface area contributed by atoms with E-state index in [2.05, 4.69) is 4.90 Å². The predicted octanol–water partition coefficient (Wildman–Crippen LogP) is 3.01. The Morgan fingerprint density at radius 1 is 1.21 bits per heavy atom. The highest BCUT2D eigenvalue weighted by Crippen LogP contribution is 2.36. The summed E-state index contributed by atoms with van der Waals surface area (Å²) >= 11 is 0. The monoisotopic (exact) mass is 259 g/mol. The number of hydrogen-bond acceptors (Lipinski definition) is 2. The fraction of sp³-hybridized carbons (Fsp3) is 0.562. The van der Waals surface area contributed by atoms with E-state index in [0.29, 0.717) is 5.56 Å². The first-order valence-corrected chi connectivity index (χ1v) is 7.27. The highest BCUT2D eigenvalue weighted by Gasteiger charge is 2.33. The molecule has 1 heterocycles. The quantitative estimate of drug-likeness (QED) is 0.907. The van der Waals surface area contributed by atoms with Crippen molar-refractivity contribution in [2.75, 3.05) is 13.1 Å². The molecule has 1 aromatic rings. The van der Waals surface area contributed by atoms with Crippen LogP contribution in [0.3, 0.4) is 0 Å². The Labute approximate surface area is 114 Å². The number of carbonyl (C=O) groups is 1. The number of carboxylic acids is 1. The number of aromatic carboxylic acids is 1. The van der Waals surface area contributed by atoms with Gasteiger partial charge in [0.15, 0.2) is 0 Å². The molecule has 0 aromatic heterocycles. The summed E-state index contributed by atoms with van der Waals surface area (Å²) in [6.45, 7) is 3.29. The molecule has 0 amide bonds. The van der Waals surface area contributed by atoms with Crippen LogP contribution in [-0.2, 0) is 6.54 Å². The van der Waals surface area contributed by atoms with E-state index in [1.807, 2.05) is 18.2 Å². The van der Waals surface area contributed by atoms with Crippen LogP contribution in [0.2, 0.25) is 0 Å². The van der Waals surface area contributed by atoms with Crippen LogP contribution >= 0.6 is 0 Å². The molecule has 1 aromatic carbocycles. The van der Waals surface area contributed by atoms with Gasteiger partial charge in [-0.2, -0.15) is 0 Å². The molecule has 1 saturated heterocycles. The van der Waals surface area contributed by atoms with Gasteiger partial charge in [0.25, 0.3) is 0 Å². The lowest BCUT2D eigenvalue weighted by atomic mass is 9.82. The first kappa shape index (κ1) is 12.7. The molecule has 19 heavy (non-hydrogen) atoms. The maximum Gasteiger partial charge on any atom is 0.335 e. The van der Waals surface area contributed by atoms with Crippen LogP contribution in [0.1, 0.15) is 41.6 Å². The van der Waals surface area contributed by atoms with Crippen LogP contribution in [0.25, 0.3) is 0 Å². The summed E-state index contributed by atoms with van der Waals surface area (Å²) in [5, 5.41) is 9.03. The van der Waals surface area contributed by atoms with Crippen molar-refractivity contribution in [2.24, 2.45) is 11.8 Å². The summed E-state index contributed by atoms with van der Waals surface area (Å²) in [4.78, 5) is 13.5. The van der Waals surface area contributed by atoms with Gasteiger partial charge in [-0.3, -0.25) is 4.90 Å². The van der Waals surface area contributed by atoms with Crippen LogP contribution in [0.4, 0.5) is 0 Å². The van der Waals surface area contributed by atoms with Gasteiger partial charge in [0.2, 0.25) is 0 Å². The average Bonchev–Trinajstić information content (AvgIpc) is 2.81. The second-order valence-electron chi connectivity index (χ2n) is 6.00. The van der Waals surface area contributed by atoms with Crippen molar-refractivity contribution < 1.29 is 9.90 Å². The minimum absolute atomic E-state index is 0.397. The highest BCUT2D eigenvalue weighted by atomic mass is 16.4. The molecule has 2 atom stereocenters. The molecule has 1 saturated carbocycles. The molecule has 102 valence electrons. The molecule has 3 heteroatoms. The number of likely N-dealkylation sites (tertiary alicyclic amines) is 1. The maximum atomic E-state index is 11.0.